The van der Waals surface area contributed by atoms with Crippen LogP contribution in [0.15, 0.2) is 12.1 Å². The van der Waals surface area contributed by atoms with Gasteiger partial charge in [0, 0.05) is 6.07 Å². The van der Waals surface area contributed by atoms with Crippen LogP contribution in [-0.2, 0) is 0 Å². The first-order chi connectivity index (χ1) is 6.43. The largest absolute Gasteiger partial charge is 0.477 e. The summed E-state index contributed by atoms with van der Waals surface area (Å²) in [5, 5.41) is 18.6. The number of rotatable bonds is 2. The number of benzene rings is 1. The first-order valence-electron chi connectivity index (χ1n) is 3.30. The van der Waals surface area contributed by atoms with Gasteiger partial charge in [0.1, 0.15) is 5.82 Å². The van der Waals surface area contributed by atoms with Crippen LogP contribution >= 0.6 is 11.6 Å². The Kier molecular flexibility index (Phi) is 2.66. The van der Waals surface area contributed by atoms with Crippen molar-refractivity contribution in [3.63, 3.8) is 0 Å². The third kappa shape index (κ3) is 1.80. The quantitative estimate of drug-likeness (QED) is 0.610. The van der Waals surface area contributed by atoms with Crippen molar-refractivity contribution < 1.29 is 19.2 Å². The molecule has 1 aromatic rings. The summed E-state index contributed by atoms with van der Waals surface area (Å²) in [5.74, 6) is -2.93. The van der Waals surface area contributed by atoms with Crippen LogP contribution in [0.3, 0.4) is 0 Å². The third-order valence-corrected chi connectivity index (χ3v) is 1.66. The zero-order chi connectivity index (χ0) is 10.9. The van der Waals surface area contributed by atoms with E-state index >= 15 is 0 Å². The van der Waals surface area contributed by atoms with Crippen molar-refractivity contribution in [1.29, 1.82) is 0 Å². The monoisotopic (exact) mass is 219 g/mol. The van der Waals surface area contributed by atoms with Crippen LogP contribution < -0.4 is 0 Å². The molecule has 0 amide bonds. The molecule has 74 valence electrons. The zero-order valence-electron chi connectivity index (χ0n) is 6.53. The van der Waals surface area contributed by atoms with E-state index in [0.717, 1.165) is 6.07 Å². The molecule has 0 aromatic heterocycles. The average Bonchev–Trinajstić information content (AvgIpc) is 2.01. The van der Waals surface area contributed by atoms with Gasteiger partial charge in [-0.2, -0.15) is 0 Å². The number of carboxylic acid groups (broad SMARTS) is 1. The third-order valence-electron chi connectivity index (χ3n) is 1.44. The second-order valence-electron chi connectivity index (χ2n) is 2.34. The number of nitro benzene ring substituents is 1. The number of hydrogen-bond acceptors (Lipinski definition) is 3. The Morgan fingerprint density at radius 1 is 1.57 bits per heavy atom. The van der Waals surface area contributed by atoms with Gasteiger partial charge in [0.05, 0.1) is 9.95 Å². The molecule has 0 aliphatic heterocycles. The summed E-state index contributed by atoms with van der Waals surface area (Å²) < 4.78 is 13.0. The Hall–Kier alpha value is -1.69. The second-order valence-corrected chi connectivity index (χ2v) is 2.78. The Balaban J connectivity index is 3.52. The van der Waals surface area contributed by atoms with E-state index in [1.807, 2.05) is 0 Å². The summed E-state index contributed by atoms with van der Waals surface area (Å²) in [5.41, 5.74) is -1.85. The van der Waals surface area contributed by atoms with Crippen LogP contribution in [0.2, 0.25) is 5.02 Å². The molecule has 0 fully saturated rings. The van der Waals surface area contributed by atoms with Crippen molar-refractivity contribution in [1.82, 2.24) is 0 Å². The van der Waals surface area contributed by atoms with Gasteiger partial charge in [0.2, 0.25) is 0 Å². The van der Waals surface area contributed by atoms with Crippen molar-refractivity contribution in [2.75, 3.05) is 0 Å². The van der Waals surface area contributed by atoms with Gasteiger partial charge >= 0.3 is 5.97 Å². The van der Waals surface area contributed by atoms with E-state index in [1.165, 1.54) is 0 Å². The first-order valence-corrected chi connectivity index (χ1v) is 3.68. The highest BCUT2D eigenvalue weighted by Gasteiger charge is 2.25. The summed E-state index contributed by atoms with van der Waals surface area (Å²) in [7, 11) is 0. The molecule has 1 rings (SSSR count). The fourth-order valence-electron chi connectivity index (χ4n) is 0.916. The van der Waals surface area contributed by atoms with E-state index < -0.39 is 28.0 Å². The van der Waals surface area contributed by atoms with Crippen molar-refractivity contribution in [3.05, 3.63) is 38.7 Å². The highest BCUT2D eigenvalue weighted by molar-refractivity contribution is 6.31. The maximum atomic E-state index is 13.0. The van der Waals surface area contributed by atoms with Gasteiger partial charge in [-0.3, -0.25) is 10.1 Å². The summed E-state index contributed by atoms with van der Waals surface area (Å²) in [4.78, 5) is 19.8. The van der Waals surface area contributed by atoms with Gasteiger partial charge < -0.3 is 5.11 Å². The molecule has 7 heteroatoms. The average molecular weight is 220 g/mol. The molecule has 0 heterocycles. The van der Waals surface area contributed by atoms with Crippen LogP contribution in [0.25, 0.3) is 0 Å². The van der Waals surface area contributed by atoms with E-state index in [2.05, 4.69) is 0 Å². The van der Waals surface area contributed by atoms with Crippen LogP contribution in [0.4, 0.5) is 10.1 Å². The molecular formula is C7H3ClFNO4. The van der Waals surface area contributed by atoms with Crippen LogP contribution in [0.1, 0.15) is 10.4 Å². The molecule has 0 aliphatic rings. The van der Waals surface area contributed by atoms with Gasteiger partial charge in [-0.05, 0) is 6.07 Å². The van der Waals surface area contributed by atoms with Crippen molar-refractivity contribution in [3.8, 4) is 0 Å². The molecule has 1 aromatic carbocycles. The molecule has 0 saturated heterocycles. The minimum Gasteiger partial charge on any atom is -0.477 e. The lowest BCUT2D eigenvalue weighted by Crippen LogP contribution is -2.05. The van der Waals surface area contributed by atoms with E-state index in [4.69, 9.17) is 16.7 Å². The molecule has 5 nitrogen and oxygen atoms in total. The van der Waals surface area contributed by atoms with E-state index in [9.17, 15) is 19.3 Å². The second kappa shape index (κ2) is 3.59. The Morgan fingerprint density at radius 2 is 2.14 bits per heavy atom. The van der Waals surface area contributed by atoms with Gasteiger partial charge in [-0.1, -0.05) is 11.6 Å². The molecule has 0 aliphatic carbocycles. The normalized spacial score (nSPS) is 9.86. The number of carbonyl (C=O) groups is 1. The SMILES string of the molecule is O=C(O)c1c(F)cc(Cl)cc1[N+](=O)[O-]. The smallest absolute Gasteiger partial charge is 0.345 e. The first kappa shape index (κ1) is 10.4. The Bertz CT molecular complexity index is 420. The van der Waals surface area contributed by atoms with Crippen molar-refractivity contribution in [2.24, 2.45) is 0 Å². The number of hydrogen-bond donors (Lipinski definition) is 1. The van der Waals surface area contributed by atoms with E-state index in [1.54, 1.807) is 0 Å². The molecular weight excluding hydrogens is 217 g/mol. The maximum absolute atomic E-state index is 13.0. The van der Waals surface area contributed by atoms with Gasteiger partial charge in [0.15, 0.2) is 5.56 Å². The molecule has 0 atom stereocenters. The number of carboxylic acids is 1. The predicted molar refractivity (Wildman–Crippen MR) is 45.0 cm³/mol. The topological polar surface area (TPSA) is 80.4 Å². The molecule has 0 radical (unpaired) electrons. The van der Waals surface area contributed by atoms with Crippen LogP contribution in [0, 0.1) is 15.9 Å². The van der Waals surface area contributed by atoms with Gasteiger partial charge in [-0.25, -0.2) is 9.18 Å². The molecule has 1 N–H and O–H groups in total. The Labute approximate surface area is 81.9 Å². The summed E-state index contributed by atoms with van der Waals surface area (Å²) >= 11 is 5.33. The summed E-state index contributed by atoms with van der Waals surface area (Å²) in [6, 6.07) is 1.49. The van der Waals surface area contributed by atoms with Gasteiger partial charge in [0.25, 0.3) is 5.69 Å². The molecule has 0 unspecified atom stereocenters. The Morgan fingerprint density at radius 3 is 2.57 bits per heavy atom. The van der Waals surface area contributed by atoms with E-state index in [0.29, 0.717) is 6.07 Å². The van der Waals surface area contributed by atoms with Crippen LogP contribution in [0.5, 0.6) is 0 Å². The summed E-state index contributed by atoms with van der Waals surface area (Å²) in [6.45, 7) is 0. The molecule has 0 spiro atoms. The lowest BCUT2D eigenvalue weighted by molar-refractivity contribution is -0.385. The summed E-state index contributed by atoms with van der Waals surface area (Å²) in [6.07, 6.45) is 0. The van der Waals surface area contributed by atoms with Crippen molar-refractivity contribution in [2.45, 2.75) is 0 Å². The number of nitro groups is 1. The number of aromatic carboxylic acids is 1. The van der Waals surface area contributed by atoms with Gasteiger partial charge in [-0.15, -0.1) is 0 Å². The molecule has 0 bridgehead atoms. The standard InChI is InChI=1S/C7H3ClFNO4/c8-3-1-4(9)6(7(11)12)5(2-3)10(13)14/h1-2H,(H,11,12). The molecule has 0 saturated carbocycles. The lowest BCUT2D eigenvalue weighted by atomic mass is 10.1. The van der Waals surface area contributed by atoms with E-state index in [-0.39, 0.29) is 5.02 Å². The maximum Gasteiger partial charge on any atom is 0.345 e. The highest BCUT2D eigenvalue weighted by atomic mass is 35.5. The number of nitrogens with zero attached hydrogens (tertiary/aromatic N) is 1. The number of halogens is 2. The highest BCUT2D eigenvalue weighted by Crippen LogP contribution is 2.26. The molecule has 14 heavy (non-hydrogen) atoms. The minimum atomic E-state index is -1.70. The fourth-order valence-corrected chi connectivity index (χ4v) is 1.11. The lowest BCUT2D eigenvalue weighted by Gasteiger charge is -1.99. The predicted octanol–water partition coefficient (Wildman–Crippen LogP) is 2.09. The fraction of sp³-hybridized carbons (Fsp3) is 0. The minimum absolute atomic E-state index is 0.223. The zero-order valence-corrected chi connectivity index (χ0v) is 7.29. The van der Waals surface area contributed by atoms with Crippen LogP contribution in [-0.4, -0.2) is 16.0 Å². The van der Waals surface area contributed by atoms with Crippen molar-refractivity contribution >= 4 is 23.3 Å².